The molecule has 2 aromatic heterocycles. The number of esters is 1. The number of hydrogen-bond acceptors (Lipinski definition) is 9. The fraction of sp³-hybridized carbons (Fsp3) is 0.370. The number of carbonyl (C=O) groups is 2. The molecular weight excluding hydrogens is 476 g/mol. The monoisotopic (exact) mass is 508 g/mol. The Kier molecular flexibility index (Phi) is 9.37. The molecule has 0 aliphatic rings. The van der Waals surface area contributed by atoms with E-state index in [0.717, 1.165) is 5.56 Å². The van der Waals surface area contributed by atoms with Crippen LogP contribution in [0.15, 0.2) is 53.6 Å². The molecule has 0 radical (unpaired) electrons. The molecule has 37 heavy (non-hydrogen) atoms. The van der Waals surface area contributed by atoms with Crippen LogP contribution in [0.1, 0.15) is 56.5 Å². The number of anilines is 2. The third-order valence-corrected chi connectivity index (χ3v) is 5.71. The summed E-state index contributed by atoms with van der Waals surface area (Å²) in [5.41, 5.74) is 1.57. The van der Waals surface area contributed by atoms with Crippen molar-refractivity contribution in [2.24, 2.45) is 0 Å². The molecule has 10 nitrogen and oxygen atoms in total. The molecule has 3 aromatic rings. The van der Waals surface area contributed by atoms with Crippen LogP contribution in [-0.2, 0) is 20.8 Å². The molecule has 0 spiro atoms. The maximum Gasteiger partial charge on any atom is 0.511 e. The third kappa shape index (κ3) is 6.72. The molecule has 0 bridgehead atoms. The molecule has 0 fully saturated rings. The van der Waals surface area contributed by atoms with E-state index in [1.807, 2.05) is 26.8 Å². The van der Waals surface area contributed by atoms with Gasteiger partial charge in [0.15, 0.2) is 0 Å². The Balaban J connectivity index is 2.05. The predicted octanol–water partition coefficient (Wildman–Crippen LogP) is 5.22. The first kappa shape index (κ1) is 27.4. The van der Waals surface area contributed by atoms with Gasteiger partial charge in [-0.2, -0.15) is 5.10 Å². The SMILES string of the molecule is CCC(CC)OC(=O)OC(C)OC(=O)c1c(-c2ccccc2)nn(CC)c(=O)c1Nc1cnccc1C. The molecule has 0 saturated heterocycles. The molecular formula is C27H32N4O6. The average Bonchev–Trinajstić information content (AvgIpc) is 2.89. The van der Waals surface area contributed by atoms with E-state index >= 15 is 0 Å². The van der Waals surface area contributed by atoms with Crippen molar-refractivity contribution >= 4 is 23.5 Å². The Morgan fingerprint density at radius 1 is 1.03 bits per heavy atom. The summed E-state index contributed by atoms with van der Waals surface area (Å²) in [5.74, 6) is -0.890. The zero-order chi connectivity index (χ0) is 26.9. The Bertz CT molecular complexity index is 1290. The Hall–Kier alpha value is -4.21. The van der Waals surface area contributed by atoms with Crippen LogP contribution in [0.2, 0.25) is 0 Å². The number of pyridine rings is 1. The number of rotatable bonds is 10. The molecule has 196 valence electrons. The number of aryl methyl sites for hydroxylation is 2. The molecule has 0 aliphatic carbocycles. The lowest BCUT2D eigenvalue weighted by molar-refractivity contribution is -0.0895. The minimum Gasteiger partial charge on any atom is -0.431 e. The van der Waals surface area contributed by atoms with Gasteiger partial charge in [-0.05, 0) is 38.3 Å². The lowest BCUT2D eigenvalue weighted by Crippen LogP contribution is -2.31. The second kappa shape index (κ2) is 12.7. The average molecular weight is 509 g/mol. The van der Waals surface area contributed by atoms with E-state index in [1.165, 1.54) is 11.6 Å². The molecule has 1 aromatic carbocycles. The number of benzene rings is 1. The number of aromatic nitrogens is 3. The van der Waals surface area contributed by atoms with Crippen molar-refractivity contribution in [1.82, 2.24) is 14.8 Å². The van der Waals surface area contributed by atoms with Crippen molar-refractivity contribution in [3.63, 3.8) is 0 Å². The fourth-order valence-electron chi connectivity index (χ4n) is 3.62. The van der Waals surface area contributed by atoms with Crippen molar-refractivity contribution in [2.75, 3.05) is 5.32 Å². The highest BCUT2D eigenvalue weighted by molar-refractivity contribution is 6.02. The first-order chi connectivity index (χ1) is 17.8. The van der Waals surface area contributed by atoms with Gasteiger partial charge >= 0.3 is 12.1 Å². The number of nitrogens with zero attached hydrogens (tertiary/aromatic N) is 3. The molecule has 1 unspecified atom stereocenters. The summed E-state index contributed by atoms with van der Waals surface area (Å²) in [4.78, 5) is 43.2. The van der Waals surface area contributed by atoms with Gasteiger partial charge in [-0.3, -0.25) is 9.78 Å². The number of carbonyl (C=O) groups excluding carboxylic acids is 2. The summed E-state index contributed by atoms with van der Waals surface area (Å²) in [6, 6.07) is 10.7. The highest BCUT2D eigenvalue weighted by atomic mass is 16.8. The first-order valence-corrected chi connectivity index (χ1v) is 12.2. The molecule has 0 saturated carbocycles. The van der Waals surface area contributed by atoms with Gasteiger partial charge in [0, 0.05) is 25.2 Å². The molecule has 2 heterocycles. The maximum atomic E-state index is 13.5. The molecule has 10 heteroatoms. The van der Waals surface area contributed by atoms with Gasteiger partial charge in [0.05, 0.1) is 11.9 Å². The largest absolute Gasteiger partial charge is 0.511 e. The van der Waals surface area contributed by atoms with E-state index < -0.39 is 24.0 Å². The van der Waals surface area contributed by atoms with E-state index in [0.29, 0.717) is 24.1 Å². The van der Waals surface area contributed by atoms with E-state index in [9.17, 15) is 14.4 Å². The predicted molar refractivity (Wildman–Crippen MR) is 139 cm³/mol. The summed E-state index contributed by atoms with van der Waals surface area (Å²) >= 11 is 0. The van der Waals surface area contributed by atoms with Gasteiger partial charge in [-0.15, -0.1) is 0 Å². The van der Waals surface area contributed by atoms with Gasteiger partial charge in [-0.25, -0.2) is 14.3 Å². The molecule has 1 atom stereocenters. The van der Waals surface area contributed by atoms with Gasteiger partial charge in [-0.1, -0.05) is 44.2 Å². The standard InChI is InChI=1S/C27H32N4O6/c1-6-20(7-2)37-27(34)36-18(5)35-26(33)22-23(19-12-10-9-11-13-19)30-31(8-3)25(32)24(22)29-21-16-28-15-14-17(21)4/h9-16,18,20,29H,6-8H2,1-5H3. The lowest BCUT2D eigenvalue weighted by atomic mass is 10.0. The summed E-state index contributed by atoms with van der Waals surface area (Å²) in [5, 5.41) is 7.51. The normalized spacial score (nSPS) is 11.6. The Morgan fingerprint density at radius 2 is 1.73 bits per heavy atom. The number of nitrogens with one attached hydrogen (secondary N) is 1. The lowest BCUT2D eigenvalue weighted by Gasteiger charge is -2.20. The highest BCUT2D eigenvalue weighted by Gasteiger charge is 2.28. The molecule has 0 amide bonds. The van der Waals surface area contributed by atoms with E-state index in [2.05, 4.69) is 15.4 Å². The van der Waals surface area contributed by atoms with Crippen molar-refractivity contribution in [2.45, 2.75) is 66.4 Å². The van der Waals surface area contributed by atoms with Gasteiger partial charge in [0.2, 0.25) is 6.29 Å². The van der Waals surface area contributed by atoms with Crippen LogP contribution < -0.4 is 10.9 Å². The van der Waals surface area contributed by atoms with Crippen LogP contribution in [0.25, 0.3) is 11.3 Å². The number of ether oxygens (including phenoxy) is 3. The molecule has 0 aliphatic heterocycles. The quantitative estimate of drug-likeness (QED) is 0.290. The fourth-order valence-corrected chi connectivity index (χ4v) is 3.62. The van der Waals surface area contributed by atoms with Crippen LogP contribution in [0, 0.1) is 6.92 Å². The van der Waals surface area contributed by atoms with Crippen LogP contribution in [0.4, 0.5) is 16.2 Å². The smallest absolute Gasteiger partial charge is 0.431 e. The number of hydrogen-bond donors (Lipinski definition) is 1. The van der Waals surface area contributed by atoms with Gasteiger partial charge < -0.3 is 19.5 Å². The third-order valence-electron chi connectivity index (χ3n) is 5.71. The van der Waals surface area contributed by atoms with E-state index in [4.69, 9.17) is 14.2 Å². The van der Waals surface area contributed by atoms with Crippen LogP contribution in [-0.4, -0.2) is 39.3 Å². The van der Waals surface area contributed by atoms with Crippen molar-refractivity contribution in [3.8, 4) is 11.3 Å². The minimum absolute atomic E-state index is 0.0244. The zero-order valence-electron chi connectivity index (χ0n) is 21.7. The summed E-state index contributed by atoms with van der Waals surface area (Å²) in [6.45, 7) is 9.08. The molecule has 3 rings (SSSR count). The van der Waals surface area contributed by atoms with E-state index in [1.54, 1.807) is 49.6 Å². The summed E-state index contributed by atoms with van der Waals surface area (Å²) in [7, 11) is 0. The topological polar surface area (TPSA) is 122 Å². The highest BCUT2D eigenvalue weighted by Crippen LogP contribution is 2.29. The minimum atomic E-state index is -1.28. The van der Waals surface area contributed by atoms with Crippen molar-refractivity contribution in [3.05, 3.63) is 70.3 Å². The van der Waals surface area contributed by atoms with Gasteiger partial charge in [0.25, 0.3) is 5.56 Å². The summed E-state index contributed by atoms with van der Waals surface area (Å²) < 4.78 is 17.1. The molecule has 1 N–H and O–H groups in total. The maximum absolute atomic E-state index is 13.5. The Morgan fingerprint density at radius 3 is 2.35 bits per heavy atom. The van der Waals surface area contributed by atoms with Crippen LogP contribution >= 0.6 is 0 Å². The van der Waals surface area contributed by atoms with Crippen molar-refractivity contribution < 1.29 is 23.8 Å². The summed E-state index contributed by atoms with van der Waals surface area (Å²) in [6.07, 6.45) is 1.92. The second-order valence-corrected chi connectivity index (χ2v) is 8.30. The Labute approximate surface area is 215 Å². The van der Waals surface area contributed by atoms with E-state index in [-0.39, 0.29) is 29.6 Å². The van der Waals surface area contributed by atoms with Crippen molar-refractivity contribution in [1.29, 1.82) is 0 Å². The van der Waals surface area contributed by atoms with Gasteiger partial charge in [0.1, 0.15) is 23.0 Å². The zero-order valence-corrected chi connectivity index (χ0v) is 21.7. The van der Waals surface area contributed by atoms with Crippen LogP contribution in [0.3, 0.4) is 0 Å². The van der Waals surface area contributed by atoms with Crippen LogP contribution in [0.5, 0.6) is 0 Å². The second-order valence-electron chi connectivity index (χ2n) is 8.30. The first-order valence-electron chi connectivity index (χ1n) is 12.2.